The Morgan fingerprint density at radius 1 is 1.24 bits per heavy atom. The van der Waals surface area contributed by atoms with Gasteiger partial charge in [0.1, 0.15) is 11.7 Å². The summed E-state index contributed by atoms with van der Waals surface area (Å²) in [5.74, 6) is 7.74. The lowest BCUT2D eigenvalue weighted by Crippen LogP contribution is -2.39. The molecule has 0 heterocycles. The van der Waals surface area contributed by atoms with Crippen molar-refractivity contribution < 1.29 is 20.1 Å². The van der Waals surface area contributed by atoms with E-state index in [0.717, 1.165) is 24.0 Å². The van der Waals surface area contributed by atoms with Crippen molar-refractivity contribution in [2.24, 2.45) is 23.2 Å². The Kier molecular flexibility index (Phi) is 8.90. The van der Waals surface area contributed by atoms with E-state index in [1.54, 1.807) is 7.11 Å². The van der Waals surface area contributed by atoms with E-state index in [1.807, 2.05) is 13.8 Å². The van der Waals surface area contributed by atoms with Crippen LogP contribution in [0.4, 0.5) is 0 Å². The Labute approximate surface area is 207 Å². The van der Waals surface area contributed by atoms with Gasteiger partial charge in [-0.2, -0.15) is 0 Å². The van der Waals surface area contributed by atoms with E-state index in [1.165, 1.54) is 24.8 Å². The number of aliphatic hydroxyl groups is 3. The van der Waals surface area contributed by atoms with Crippen molar-refractivity contribution in [3.63, 3.8) is 0 Å². The maximum Gasteiger partial charge on any atom is 0.125 e. The van der Waals surface area contributed by atoms with Gasteiger partial charge in [0, 0.05) is 13.5 Å². The molecule has 3 aliphatic carbocycles. The summed E-state index contributed by atoms with van der Waals surface area (Å²) in [6.07, 6.45) is 11.0. The Bertz CT molecular complexity index is 855. The highest BCUT2D eigenvalue weighted by molar-refractivity contribution is 5.38. The summed E-state index contributed by atoms with van der Waals surface area (Å²) in [6, 6.07) is 0. The highest BCUT2D eigenvalue weighted by Crippen LogP contribution is 2.59. The molecule has 0 radical (unpaired) electrons. The molecule has 3 N–H and O–H groups in total. The number of ether oxygens (including phenoxy) is 1. The van der Waals surface area contributed by atoms with Crippen LogP contribution in [0.15, 0.2) is 35.5 Å². The first kappa shape index (κ1) is 27.2. The Hall–Kier alpha value is -1.38. The summed E-state index contributed by atoms with van der Waals surface area (Å²) in [5, 5.41) is 30.9. The van der Waals surface area contributed by atoms with Crippen LogP contribution in [0.3, 0.4) is 0 Å². The van der Waals surface area contributed by atoms with Crippen LogP contribution in [0.25, 0.3) is 0 Å². The summed E-state index contributed by atoms with van der Waals surface area (Å²) in [6.45, 7) is 12.7. The second-order valence-electron chi connectivity index (χ2n) is 11.2. The molecule has 0 spiro atoms. The minimum atomic E-state index is -0.933. The molecule has 4 heteroatoms. The molecule has 34 heavy (non-hydrogen) atoms. The Morgan fingerprint density at radius 3 is 2.59 bits per heavy atom. The molecule has 0 aliphatic heterocycles. The number of fused-ring (bicyclic) bond motifs is 1. The molecule has 3 rings (SSSR count). The molecule has 0 aromatic heterocycles. The lowest BCUT2D eigenvalue weighted by atomic mass is 9.60. The summed E-state index contributed by atoms with van der Waals surface area (Å²) in [4.78, 5) is 0. The first-order valence-corrected chi connectivity index (χ1v) is 13.3. The zero-order valence-electron chi connectivity index (χ0n) is 21.9. The molecule has 3 fully saturated rings. The first-order valence-electron chi connectivity index (χ1n) is 13.3. The molecule has 0 aromatic rings. The predicted molar refractivity (Wildman–Crippen MR) is 138 cm³/mol. The van der Waals surface area contributed by atoms with E-state index < -0.39 is 17.8 Å². The molecule has 4 nitrogen and oxygen atoms in total. The molecule has 190 valence electrons. The van der Waals surface area contributed by atoms with Crippen LogP contribution in [-0.2, 0) is 4.74 Å². The van der Waals surface area contributed by atoms with Crippen molar-refractivity contribution >= 4 is 0 Å². The van der Waals surface area contributed by atoms with Gasteiger partial charge in [0.25, 0.3) is 0 Å². The van der Waals surface area contributed by atoms with Gasteiger partial charge in [-0.1, -0.05) is 63.8 Å². The summed E-state index contributed by atoms with van der Waals surface area (Å²) in [5.41, 5.74) is 2.48. The summed E-state index contributed by atoms with van der Waals surface area (Å²) >= 11 is 0. The van der Waals surface area contributed by atoms with E-state index in [4.69, 9.17) is 4.74 Å². The monoisotopic (exact) mass is 470 g/mol. The van der Waals surface area contributed by atoms with Gasteiger partial charge in [-0.15, -0.1) is 0 Å². The van der Waals surface area contributed by atoms with Crippen LogP contribution in [0.2, 0.25) is 0 Å². The van der Waals surface area contributed by atoms with Crippen LogP contribution in [0.1, 0.15) is 85.5 Å². The average Bonchev–Trinajstić information content (AvgIpc) is 3.17. The highest BCUT2D eigenvalue weighted by atomic mass is 16.5. The maximum absolute atomic E-state index is 10.6. The maximum atomic E-state index is 10.6. The molecule has 0 bridgehead atoms. The molecule has 0 saturated heterocycles. The molecule has 0 aromatic carbocycles. The van der Waals surface area contributed by atoms with E-state index in [2.05, 4.69) is 44.4 Å². The quantitative estimate of drug-likeness (QED) is 0.459. The van der Waals surface area contributed by atoms with Gasteiger partial charge in [-0.05, 0) is 85.7 Å². The van der Waals surface area contributed by atoms with Crippen LogP contribution in [-0.4, -0.2) is 46.3 Å². The minimum Gasteiger partial charge on any atom is -0.393 e. The molecular formula is C30H46O4. The number of rotatable bonds is 6. The topological polar surface area (TPSA) is 69.9 Å². The van der Waals surface area contributed by atoms with Crippen molar-refractivity contribution in [2.45, 2.75) is 109 Å². The highest BCUT2D eigenvalue weighted by Gasteiger charge is 2.51. The molecule has 7 atom stereocenters. The smallest absolute Gasteiger partial charge is 0.125 e. The lowest BCUT2D eigenvalue weighted by molar-refractivity contribution is 0.0224. The molecular weight excluding hydrogens is 424 g/mol. The zero-order chi connectivity index (χ0) is 25.1. The number of aliphatic hydroxyl groups excluding tert-OH is 2. The van der Waals surface area contributed by atoms with E-state index in [0.29, 0.717) is 37.5 Å². The fourth-order valence-electron chi connectivity index (χ4n) is 6.86. The SMILES string of the molecule is C=C1/C(=C/C=C2\CCC[C@]3(C)[C@@H]([C@H](C)[C@H](C#CC(O)(CC)CC)OC)CC[C@@H]23)C[C@@H](O)C[C@@H]1O. The van der Waals surface area contributed by atoms with Gasteiger partial charge in [0.2, 0.25) is 0 Å². The number of methoxy groups -OCH3 is 1. The zero-order valence-corrected chi connectivity index (χ0v) is 21.9. The second kappa shape index (κ2) is 11.1. The largest absolute Gasteiger partial charge is 0.393 e. The van der Waals surface area contributed by atoms with Gasteiger partial charge >= 0.3 is 0 Å². The van der Waals surface area contributed by atoms with Crippen molar-refractivity contribution in [3.8, 4) is 11.8 Å². The van der Waals surface area contributed by atoms with Crippen LogP contribution in [0.5, 0.6) is 0 Å². The normalized spacial score (nSPS) is 36.2. The van der Waals surface area contributed by atoms with Crippen LogP contribution in [0, 0.1) is 35.0 Å². The average molecular weight is 471 g/mol. The number of hydrogen-bond donors (Lipinski definition) is 3. The van der Waals surface area contributed by atoms with Crippen molar-refractivity contribution in [1.29, 1.82) is 0 Å². The molecule has 0 amide bonds. The number of allylic oxidation sites excluding steroid dienone is 3. The van der Waals surface area contributed by atoms with Crippen molar-refractivity contribution in [1.82, 2.24) is 0 Å². The molecule has 0 unspecified atom stereocenters. The van der Waals surface area contributed by atoms with E-state index in [-0.39, 0.29) is 17.4 Å². The minimum absolute atomic E-state index is 0.185. The fourth-order valence-corrected chi connectivity index (χ4v) is 6.86. The van der Waals surface area contributed by atoms with Gasteiger partial charge in [-0.25, -0.2) is 0 Å². The third kappa shape index (κ3) is 5.54. The van der Waals surface area contributed by atoms with Crippen LogP contribution >= 0.6 is 0 Å². The van der Waals surface area contributed by atoms with Crippen LogP contribution < -0.4 is 0 Å². The first-order chi connectivity index (χ1) is 16.1. The molecule has 3 aliphatic rings. The fraction of sp³-hybridized carbons (Fsp3) is 0.733. The summed E-state index contributed by atoms with van der Waals surface area (Å²) < 4.78 is 5.85. The van der Waals surface area contributed by atoms with Crippen molar-refractivity contribution in [2.75, 3.05) is 7.11 Å². The predicted octanol–water partition coefficient (Wildman–Crippen LogP) is 5.33. The third-order valence-corrected chi connectivity index (χ3v) is 9.29. The standard InChI is InChI=1S/C30H46O4/c1-7-30(33,8-2)17-15-28(34-6)21(4)25-13-14-26-22(10-9-16-29(25,26)5)11-12-23-18-24(31)19-27(32)20(23)3/h11-12,21,24-28,31-33H,3,7-10,13-14,16,18-19H2,1-2,4-6H3/b22-11+,23-12+/t21-,24+,25+,26-,27-,28-,29+/m0/s1. The van der Waals surface area contributed by atoms with Crippen molar-refractivity contribution in [3.05, 3.63) is 35.5 Å². The summed E-state index contributed by atoms with van der Waals surface area (Å²) in [7, 11) is 1.74. The number of hydrogen-bond acceptors (Lipinski definition) is 4. The second-order valence-corrected chi connectivity index (χ2v) is 11.2. The van der Waals surface area contributed by atoms with Gasteiger partial charge < -0.3 is 20.1 Å². The van der Waals surface area contributed by atoms with Gasteiger partial charge in [-0.3, -0.25) is 0 Å². The Balaban J connectivity index is 1.81. The Morgan fingerprint density at radius 2 is 1.94 bits per heavy atom. The van der Waals surface area contributed by atoms with Gasteiger partial charge in [0.05, 0.1) is 12.2 Å². The van der Waals surface area contributed by atoms with E-state index in [9.17, 15) is 15.3 Å². The van der Waals surface area contributed by atoms with E-state index >= 15 is 0 Å². The van der Waals surface area contributed by atoms with Gasteiger partial charge in [0.15, 0.2) is 0 Å². The third-order valence-electron chi connectivity index (χ3n) is 9.29. The molecule has 3 saturated carbocycles. The lowest BCUT2D eigenvalue weighted by Gasteiger charge is -2.45.